The van der Waals surface area contributed by atoms with Crippen LogP contribution in [-0.2, 0) is 9.59 Å². The number of rotatable bonds is 4. The molecule has 0 aromatic carbocycles. The molecule has 0 aromatic heterocycles. The van der Waals surface area contributed by atoms with Crippen molar-refractivity contribution in [1.29, 1.82) is 0 Å². The summed E-state index contributed by atoms with van der Waals surface area (Å²) in [5.74, 6) is 2.06. The molecule has 4 atom stereocenters. The monoisotopic (exact) mass is 436 g/mol. The Hall–Kier alpha value is -0.560. The van der Waals surface area contributed by atoms with Crippen LogP contribution in [0.25, 0.3) is 0 Å². The van der Waals surface area contributed by atoms with E-state index in [0.29, 0.717) is 30.7 Å². The largest absolute Gasteiger partial charge is 0.341 e. The normalized spacial score (nSPS) is 31.1. The zero-order valence-electron chi connectivity index (χ0n) is 17.3. The van der Waals surface area contributed by atoms with Crippen molar-refractivity contribution in [2.45, 2.75) is 52.0 Å². The highest BCUT2D eigenvalue weighted by Gasteiger charge is 2.31. The zero-order chi connectivity index (χ0) is 18.7. The lowest BCUT2D eigenvalue weighted by atomic mass is 9.92. The van der Waals surface area contributed by atoms with Gasteiger partial charge in [0.15, 0.2) is 0 Å². The van der Waals surface area contributed by atoms with Crippen molar-refractivity contribution in [2.75, 3.05) is 45.8 Å². The van der Waals surface area contributed by atoms with Gasteiger partial charge in [-0.3, -0.25) is 14.5 Å². The third kappa shape index (κ3) is 6.75. The maximum atomic E-state index is 12.6. The van der Waals surface area contributed by atoms with Crippen molar-refractivity contribution in [3.8, 4) is 0 Å². The van der Waals surface area contributed by atoms with E-state index in [2.05, 4.69) is 18.7 Å². The molecular formula is C20H38Cl2N4O2. The summed E-state index contributed by atoms with van der Waals surface area (Å²) in [4.78, 5) is 31.4. The Labute approximate surface area is 182 Å². The first-order valence-corrected chi connectivity index (χ1v) is 10.5. The number of halogens is 2. The summed E-state index contributed by atoms with van der Waals surface area (Å²) in [6.07, 6.45) is 5.12. The van der Waals surface area contributed by atoms with E-state index in [-0.39, 0.29) is 42.7 Å². The molecule has 0 spiro atoms. The molecule has 28 heavy (non-hydrogen) atoms. The molecule has 164 valence electrons. The van der Waals surface area contributed by atoms with E-state index in [9.17, 15) is 9.59 Å². The molecule has 2 unspecified atom stereocenters. The number of hydrogen-bond acceptors (Lipinski definition) is 4. The van der Waals surface area contributed by atoms with Gasteiger partial charge in [-0.05, 0) is 37.0 Å². The van der Waals surface area contributed by atoms with Gasteiger partial charge in [0.05, 0.1) is 6.54 Å². The van der Waals surface area contributed by atoms with E-state index >= 15 is 0 Å². The van der Waals surface area contributed by atoms with Crippen LogP contribution in [0.1, 0.15) is 46.0 Å². The molecule has 3 rings (SSSR count). The lowest BCUT2D eigenvalue weighted by Gasteiger charge is -2.38. The van der Waals surface area contributed by atoms with Crippen molar-refractivity contribution < 1.29 is 9.59 Å². The van der Waals surface area contributed by atoms with Crippen LogP contribution in [0.5, 0.6) is 0 Å². The fourth-order valence-corrected chi connectivity index (χ4v) is 4.99. The fourth-order valence-electron chi connectivity index (χ4n) is 4.99. The number of nitrogens with two attached hydrogens (primary N) is 1. The zero-order valence-corrected chi connectivity index (χ0v) is 19.0. The van der Waals surface area contributed by atoms with Gasteiger partial charge >= 0.3 is 0 Å². The van der Waals surface area contributed by atoms with E-state index in [1.54, 1.807) is 0 Å². The average molecular weight is 437 g/mol. The molecule has 2 aliphatic heterocycles. The number of piperidine rings is 1. The first kappa shape index (κ1) is 25.5. The Morgan fingerprint density at radius 1 is 0.893 bits per heavy atom. The van der Waals surface area contributed by atoms with E-state index < -0.39 is 0 Å². The second-order valence-corrected chi connectivity index (χ2v) is 8.96. The molecule has 2 N–H and O–H groups in total. The van der Waals surface area contributed by atoms with Crippen LogP contribution in [0, 0.1) is 17.8 Å². The number of likely N-dealkylation sites (tertiary alicyclic amines) is 1. The molecule has 2 saturated heterocycles. The van der Waals surface area contributed by atoms with Crippen molar-refractivity contribution >= 4 is 36.6 Å². The van der Waals surface area contributed by atoms with Gasteiger partial charge in [-0.2, -0.15) is 0 Å². The third-order valence-electron chi connectivity index (χ3n) is 6.46. The minimum atomic E-state index is 0. The van der Waals surface area contributed by atoms with Crippen LogP contribution in [0.15, 0.2) is 0 Å². The van der Waals surface area contributed by atoms with Gasteiger partial charge in [-0.15, -0.1) is 24.8 Å². The van der Waals surface area contributed by atoms with Gasteiger partial charge in [0.1, 0.15) is 0 Å². The van der Waals surface area contributed by atoms with Crippen LogP contribution >= 0.6 is 24.8 Å². The minimum absolute atomic E-state index is 0. The summed E-state index contributed by atoms with van der Waals surface area (Å²) in [6.45, 7) is 9.82. The van der Waals surface area contributed by atoms with Crippen LogP contribution in [-0.4, -0.2) is 78.4 Å². The Morgan fingerprint density at radius 3 is 2.04 bits per heavy atom. The molecule has 1 aliphatic carbocycles. The third-order valence-corrected chi connectivity index (χ3v) is 6.46. The molecular weight excluding hydrogens is 399 g/mol. The van der Waals surface area contributed by atoms with Gasteiger partial charge in [0, 0.05) is 51.7 Å². The first-order valence-electron chi connectivity index (χ1n) is 10.5. The Kier molecular flexibility index (Phi) is 10.5. The summed E-state index contributed by atoms with van der Waals surface area (Å²) in [7, 11) is 0. The quantitative estimate of drug-likeness (QED) is 0.731. The van der Waals surface area contributed by atoms with Crippen LogP contribution < -0.4 is 5.73 Å². The summed E-state index contributed by atoms with van der Waals surface area (Å²) < 4.78 is 0. The Balaban J connectivity index is 0.00000196. The number of hydrogen-bond donors (Lipinski definition) is 1. The molecule has 2 amide bonds. The first-order chi connectivity index (χ1) is 12.4. The Morgan fingerprint density at radius 2 is 1.50 bits per heavy atom. The number of carbonyl (C=O) groups excluding carboxylic acids is 2. The van der Waals surface area contributed by atoms with Gasteiger partial charge in [-0.1, -0.05) is 20.3 Å². The highest BCUT2D eigenvalue weighted by molar-refractivity contribution is 5.85. The molecule has 3 fully saturated rings. The molecule has 3 aliphatic rings. The molecule has 2 heterocycles. The van der Waals surface area contributed by atoms with E-state index in [0.717, 1.165) is 58.5 Å². The predicted octanol–water partition coefficient (Wildman–Crippen LogP) is 2.00. The molecule has 0 bridgehead atoms. The number of carbonyl (C=O) groups is 2. The highest BCUT2D eigenvalue weighted by atomic mass is 35.5. The summed E-state index contributed by atoms with van der Waals surface area (Å²) in [5, 5.41) is 0. The smallest absolute Gasteiger partial charge is 0.236 e. The van der Waals surface area contributed by atoms with Gasteiger partial charge in [-0.25, -0.2) is 0 Å². The second-order valence-electron chi connectivity index (χ2n) is 8.96. The second kappa shape index (κ2) is 11.6. The summed E-state index contributed by atoms with van der Waals surface area (Å²) >= 11 is 0. The topological polar surface area (TPSA) is 69.9 Å². The maximum Gasteiger partial charge on any atom is 0.236 e. The van der Waals surface area contributed by atoms with Crippen LogP contribution in [0.4, 0.5) is 0 Å². The number of nitrogens with zero attached hydrogens (tertiary/aromatic N) is 3. The van der Waals surface area contributed by atoms with Gasteiger partial charge in [0.25, 0.3) is 0 Å². The minimum Gasteiger partial charge on any atom is -0.341 e. The van der Waals surface area contributed by atoms with Crippen molar-refractivity contribution in [3.63, 3.8) is 0 Å². The number of amides is 2. The Bertz CT molecular complexity index is 504. The SMILES string of the molecule is CC1CC(C)CN(C(=O)CN2CCN(C(=O)C[C@@H]3CCC[C@H]3N)CC2)C1.Cl.Cl. The van der Waals surface area contributed by atoms with Crippen LogP contribution in [0.3, 0.4) is 0 Å². The van der Waals surface area contributed by atoms with Gasteiger partial charge in [0.2, 0.25) is 11.8 Å². The molecule has 1 saturated carbocycles. The standard InChI is InChI=1S/C20H36N4O2.2ClH/c1-15-10-16(2)13-24(12-15)20(26)14-22-6-8-23(9-7-22)19(25)11-17-4-3-5-18(17)21;;/h15-18H,3-14,21H2,1-2H3;2*1H/t15?,16?,17-,18+;;/m0../s1. The van der Waals surface area contributed by atoms with Crippen molar-refractivity contribution in [2.24, 2.45) is 23.5 Å². The van der Waals surface area contributed by atoms with Crippen molar-refractivity contribution in [1.82, 2.24) is 14.7 Å². The summed E-state index contributed by atoms with van der Waals surface area (Å²) in [6, 6.07) is 0.201. The van der Waals surface area contributed by atoms with E-state index in [1.807, 2.05) is 9.80 Å². The van der Waals surface area contributed by atoms with Crippen molar-refractivity contribution in [3.05, 3.63) is 0 Å². The summed E-state index contributed by atoms with van der Waals surface area (Å²) in [5.41, 5.74) is 6.10. The lowest BCUT2D eigenvalue weighted by molar-refractivity contribution is -0.137. The predicted molar refractivity (Wildman–Crippen MR) is 117 cm³/mol. The van der Waals surface area contributed by atoms with E-state index in [4.69, 9.17) is 5.73 Å². The van der Waals surface area contributed by atoms with Gasteiger partial charge < -0.3 is 15.5 Å². The number of piperazine rings is 1. The maximum absolute atomic E-state index is 12.6. The van der Waals surface area contributed by atoms with Crippen LogP contribution in [0.2, 0.25) is 0 Å². The average Bonchev–Trinajstić information content (AvgIpc) is 2.99. The highest BCUT2D eigenvalue weighted by Crippen LogP contribution is 2.27. The molecule has 8 heteroatoms. The molecule has 6 nitrogen and oxygen atoms in total. The fraction of sp³-hybridized carbons (Fsp3) is 0.900. The lowest BCUT2D eigenvalue weighted by Crippen LogP contribution is -2.53. The van der Waals surface area contributed by atoms with E-state index in [1.165, 1.54) is 6.42 Å². The molecule has 0 aromatic rings. The molecule has 0 radical (unpaired) electrons.